The fourth-order valence-corrected chi connectivity index (χ4v) is 2.63. The van der Waals surface area contributed by atoms with E-state index in [4.69, 9.17) is 10.5 Å². The molecule has 2 atom stereocenters. The highest BCUT2D eigenvalue weighted by molar-refractivity contribution is 5.69. The van der Waals surface area contributed by atoms with Crippen LogP contribution in [-0.4, -0.2) is 29.2 Å². The number of nitrogens with zero attached hydrogens (tertiary/aromatic N) is 1. The number of benzene rings is 1. The van der Waals surface area contributed by atoms with Gasteiger partial charge in [0.05, 0.1) is 6.04 Å². The number of hydrogen-bond acceptors (Lipinski definition) is 3. The Hall–Kier alpha value is -1.55. The molecule has 0 aromatic heterocycles. The van der Waals surface area contributed by atoms with Crippen LogP contribution in [0, 0.1) is 0 Å². The van der Waals surface area contributed by atoms with Crippen LogP contribution in [0.4, 0.5) is 4.79 Å². The number of nitrogens with two attached hydrogens (primary N) is 1. The SMILES string of the molecule is CC(C)(C)OC(=O)N1CCC[C@H](N)[C@@H]1c1ccccc1. The number of amides is 1. The van der Waals surface area contributed by atoms with Crippen molar-refractivity contribution in [3.8, 4) is 0 Å². The summed E-state index contributed by atoms with van der Waals surface area (Å²) in [6, 6.07) is 9.82. The molecule has 0 aliphatic carbocycles. The second-order valence-electron chi connectivity index (χ2n) is 6.34. The van der Waals surface area contributed by atoms with E-state index in [1.807, 2.05) is 51.1 Å². The fourth-order valence-electron chi connectivity index (χ4n) is 2.63. The molecule has 1 amide bonds. The summed E-state index contributed by atoms with van der Waals surface area (Å²) in [5.74, 6) is 0. The average molecular weight is 276 g/mol. The molecular weight excluding hydrogens is 252 g/mol. The van der Waals surface area contributed by atoms with Crippen molar-refractivity contribution in [2.45, 2.75) is 51.3 Å². The van der Waals surface area contributed by atoms with Crippen molar-refractivity contribution in [3.63, 3.8) is 0 Å². The molecule has 2 rings (SSSR count). The maximum atomic E-state index is 12.4. The van der Waals surface area contributed by atoms with Gasteiger partial charge >= 0.3 is 6.09 Å². The predicted molar refractivity (Wildman–Crippen MR) is 79.3 cm³/mol. The van der Waals surface area contributed by atoms with Gasteiger partial charge in [0.1, 0.15) is 5.60 Å². The molecule has 0 spiro atoms. The lowest BCUT2D eigenvalue weighted by Crippen LogP contribution is -2.49. The zero-order chi connectivity index (χ0) is 14.8. The molecule has 0 radical (unpaired) electrons. The molecule has 0 unspecified atom stereocenters. The van der Waals surface area contributed by atoms with Gasteiger partial charge in [-0.3, -0.25) is 4.90 Å². The van der Waals surface area contributed by atoms with Crippen LogP contribution in [0.5, 0.6) is 0 Å². The van der Waals surface area contributed by atoms with Crippen molar-refractivity contribution in [1.29, 1.82) is 0 Å². The molecular formula is C16H24N2O2. The van der Waals surface area contributed by atoms with E-state index in [0.717, 1.165) is 18.4 Å². The minimum Gasteiger partial charge on any atom is -0.444 e. The van der Waals surface area contributed by atoms with Crippen LogP contribution in [-0.2, 0) is 4.74 Å². The van der Waals surface area contributed by atoms with Gasteiger partial charge in [-0.1, -0.05) is 30.3 Å². The minimum atomic E-state index is -0.486. The van der Waals surface area contributed by atoms with Crippen molar-refractivity contribution in [2.24, 2.45) is 5.73 Å². The first-order valence-electron chi connectivity index (χ1n) is 7.18. The molecule has 0 bridgehead atoms. The fraction of sp³-hybridized carbons (Fsp3) is 0.562. The van der Waals surface area contributed by atoms with Gasteiger partial charge in [0.15, 0.2) is 0 Å². The van der Waals surface area contributed by atoms with E-state index in [-0.39, 0.29) is 18.2 Å². The number of hydrogen-bond donors (Lipinski definition) is 1. The van der Waals surface area contributed by atoms with Crippen LogP contribution in [0.3, 0.4) is 0 Å². The molecule has 1 fully saturated rings. The predicted octanol–water partition coefficient (Wildman–Crippen LogP) is 3.09. The molecule has 1 heterocycles. The van der Waals surface area contributed by atoms with Gasteiger partial charge in [0.25, 0.3) is 0 Å². The van der Waals surface area contributed by atoms with Gasteiger partial charge in [-0.25, -0.2) is 4.79 Å². The lowest BCUT2D eigenvalue weighted by Gasteiger charge is -2.40. The summed E-state index contributed by atoms with van der Waals surface area (Å²) in [4.78, 5) is 14.2. The second-order valence-corrected chi connectivity index (χ2v) is 6.34. The normalized spacial score (nSPS) is 23.5. The second kappa shape index (κ2) is 5.83. The van der Waals surface area contributed by atoms with Crippen LogP contribution < -0.4 is 5.73 Å². The molecule has 1 aliphatic heterocycles. The number of ether oxygens (including phenoxy) is 1. The molecule has 1 aromatic carbocycles. The van der Waals surface area contributed by atoms with Gasteiger partial charge < -0.3 is 10.5 Å². The van der Waals surface area contributed by atoms with Crippen molar-refractivity contribution in [1.82, 2.24) is 4.90 Å². The molecule has 0 saturated carbocycles. The third-order valence-corrected chi connectivity index (χ3v) is 3.45. The quantitative estimate of drug-likeness (QED) is 0.857. The van der Waals surface area contributed by atoms with Crippen LogP contribution >= 0.6 is 0 Å². The summed E-state index contributed by atoms with van der Waals surface area (Å²) in [5, 5.41) is 0. The molecule has 4 heteroatoms. The number of likely N-dealkylation sites (tertiary alicyclic amines) is 1. The maximum Gasteiger partial charge on any atom is 0.410 e. The standard InChI is InChI=1S/C16H24N2O2/c1-16(2,3)20-15(19)18-11-7-10-13(17)14(18)12-8-5-4-6-9-12/h4-6,8-9,13-14H,7,10-11,17H2,1-3H3/t13-,14-/m0/s1. The molecule has 1 aromatic rings. The molecule has 1 aliphatic rings. The Labute approximate surface area is 120 Å². The highest BCUT2D eigenvalue weighted by Crippen LogP contribution is 2.31. The Balaban J connectivity index is 2.23. The molecule has 110 valence electrons. The smallest absolute Gasteiger partial charge is 0.410 e. The van der Waals surface area contributed by atoms with Crippen LogP contribution in [0.1, 0.15) is 45.2 Å². The summed E-state index contributed by atoms with van der Waals surface area (Å²) >= 11 is 0. The molecule has 4 nitrogen and oxygen atoms in total. The van der Waals surface area contributed by atoms with Crippen LogP contribution in [0.25, 0.3) is 0 Å². The zero-order valence-corrected chi connectivity index (χ0v) is 12.5. The van der Waals surface area contributed by atoms with Crippen molar-refractivity contribution < 1.29 is 9.53 Å². The number of carbonyl (C=O) groups excluding carboxylic acids is 1. The molecule has 1 saturated heterocycles. The largest absolute Gasteiger partial charge is 0.444 e. The topological polar surface area (TPSA) is 55.6 Å². The first kappa shape index (κ1) is 14.9. The summed E-state index contributed by atoms with van der Waals surface area (Å²) in [7, 11) is 0. The van der Waals surface area contributed by atoms with E-state index in [0.29, 0.717) is 6.54 Å². The average Bonchev–Trinajstić information content (AvgIpc) is 2.37. The number of carbonyl (C=O) groups is 1. The molecule has 2 N–H and O–H groups in total. The highest BCUT2D eigenvalue weighted by Gasteiger charge is 2.35. The van der Waals surface area contributed by atoms with E-state index in [1.54, 1.807) is 4.90 Å². The van der Waals surface area contributed by atoms with Gasteiger partial charge in [-0.2, -0.15) is 0 Å². The lowest BCUT2D eigenvalue weighted by molar-refractivity contribution is 0.00646. The van der Waals surface area contributed by atoms with E-state index < -0.39 is 5.60 Å². The highest BCUT2D eigenvalue weighted by atomic mass is 16.6. The van der Waals surface area contributed by atoms with E-state index in [2.05, 4.69) is 0 Å². The maximum absolute atomic E-state index is 12.4. The Morgan fingerprint density at radius 2 is 1.95 bits per heavy atom. The minimum absolute atomic E-state index is 0.0429. The first-order valence-corrected chi connectivity index (χ1v) is 7.18. The van der Waals surface area contributed by atoms with Crippen LogP contribution in [0.15, 0.2) is 30.3 Å². The Morgan fingerprint density at radius 1 is 1.30 bits per heavy atom. The third kappa shape index (κ3) is 3.51. The van der Waals surface area contributed by atoms with Crippen molar-refractivity contribution >= 4 is 6.09 Å². The summed E-state index contributed by atoms with van der Waals surface area (Å²) in [6.07, 6.45) is 1.57. The van der Waals surface area contributed by atoms with Gasteiger partial charge in [0, 0.05) is 12.6 Å². The monoisotopic (exact) mass is 276 g/mol. The van der Waals surface area contributed by atoms with Gasteiger partial charge in [0.2, 0.25) is 0 Å². The zero-order valence-electron chi connectivity index (χ0n) is 12.5. The van der Waals surface area contributed by atoms with Crippen LogP contribution in [0.2, 0.25) is 0 Å². The number of piperidine rings is 1. The Kier molecular flexibility index (Phi) is 4.33. The summed E-state index contributed by atoms with van der Waals surface area (Å²) < 4.78 is 5.51. The van der Waals surface area contributed by atoms with Crippen molar-refractivity contribution in [2.75, 3.05) is 6.54 Å². The Morgan fingerprint density at radius 3 is 2.55 bits per heavy atom. The summed E-state index contributed by atoms with van der Waals surface area (Å²) in [6.45, 7) is 6.34. The number of rotatable bonds is 1. The molecule has 20 heavy (non-hydrogen) atoms. The van der Waals surface area contributed by atoms with Crippen molar-refractivity contribution in [3.05, 3.63) is 35.9 Å². The Bertz CT molecular complexity index is 453. The summed E-state index contributed by atoms with van der Waals surface area (Å²) in [5.41, 5.74) is 6.84. The van der Waals surface area contributed by atoms with E-state index >= 15 is 0 Å². The van der Waals surface area contributed by atoms with E-state index in [1.165, 1.54) is 0 Å². The third-order valence-electron chi connectivity index (χ3n) is 3.45. The van der Waals surface area contributed by atoms with Gasteiger partial charge in [-0.05, 0) is 39.2 Å². The van der Waals surface area contributed by atoms with E-state index in [9.17, 15) is 4.79 Å². The first-order chi connectivity index (χ1) is 9.38. The van der Waals surface area contributed by atoms with Gasteiger partial charge in [-0.15, -0.1) is 0 Å². The lowest BCUT2D eigenvalue weighted by atomic mass is 9.91.